The third-order valence-electron chi connectivity index (χ3n) is 3.90. The van der Waals surface area contributed by atoms with Crippen LogP contribution < -0.4 is 10.0 Å². The molecular formula is C18H22ClN3O3S. The van der Waals surface area contributed by atoms with Crippen molar-refractivity contribution in [2.24, 2.45) is 0 Å². The smallest absolute Gasteiger partial charge is 0.328 e. The molecule has 2 amide bonds. The van der Waals surface area contributed by atoms with Gasteiger partial charge in [0.05, 0.1) is 10.9 Å². The maximum absolute atomic E-state index is 12.3. The average Bonchev–Trinajstić information content (AvgIpc) is 2.56. The van der Waals surface area contributed by atoms with Gasteiger partial charge in [0, 0.05) is 11.6 Å². The zero-order valence-electron chi connectivity index (χ0n) is 14.9. The lowest BCUT2D eigenvalue weighted by Gasteiger charge is -2.26. The van der Waals surface area contributed by atoms with Crippen molar-refractivity contribution < 1.29 is 13.2 Å². The van der Waals surface area contributed by atoms with Crippen LogP contribution in [0.2, 0.25) is 5.02 Å². The van der Waals surface area contributed by atoms with E-state index in [0.717, 1.165) is 11.1 Å². The molecule has 0 bridgehead atoms. The van der Waals surface area contributed by atoms with E-state index in [1.807, 2.05) is 48.8 Å². The molecule has 0 radical (unpaired) electrons. The van der Waals surface area contributed by atoms with Crippen molar-refractivity contribution in [3.63, 3.8) is 0 Å². The first-order valence-corrected chi connectivity index (χ1v) is 9.85. The molecule has 0 saturated carbocycles. The number of likely N-dealkylation sites (N-methyl/N-ethyl adjacent to an activating group) is 1. The predicted molar refractivity (Wildman–Crippen MR) is 103 cm³/mol. The minimum absolute atomic E-state index is 0.0357. The van der Waals surface area contributed by atoms with E-state index in [0.29, 0.717) is 5.02 Å². The molecule has 1 unspecified atom stereocenters. The minimum atomic E-state index is -3.92. The summed E-state index contributed by atoms with van der Waals surface area (Å²) in [7, 11) is -0.203. The largest absolute Gasteiger partial charge is 0.335 e. The van der Waals surface area contributed by atoms with E-state index in [1.54, 1.807) is 18.2 Å². The third kappa shape index (κ3) is 5.20. The number of nitrogens with zero attached hydrogens (tertiary/aromatic N) is 1. The number of nitrogens with one attached hydrogen (secondary N) is 2. The average molecular weight is 396 g/mol. The summed E-state index contributed by atoms with van der Waals surface area (Å²) in [4.78, 5) is 14.0. The second kappa shape index (κ2) is 8.53. The lowest BCUT2D eigenvalue weighted by molar-refractivity contribution is 0.237. The summed E-state index contributed by atoms with van der Waals surface area (Å²) in [5.41, 5.74) is 1.78. The summed E-state index contributed by atoms with van der Waals surface area (Å²) in [6.07, 6.45) is 0. The Morgan fingerprint density at radius 1 is 1.12 bits per heavy atom. The van der Waals surface area contributed by atoms with Crippen LogP contribution in [0.5, 0.6) is 0 Å². The minimum Gasteiger partial charge on any atom is -0.335 e. The Labute approximate surface area is 159 Å². The quantitative estimate of drug-likeness (QED) is 0.788. The Kier molecular flexibility index (Phi) is 6.63. The molecule has 0 saturated heterocycles. The first kappa shape index (κ1) is 20.2. The number of urea groups is 1. The van der Waals surface area contributed by atoms with Crippen molar-refractivity contribution in [2.75, 3.05) is 20.6 Å². The van der Waals surface area contributed by atoms with Crippen molar-refractivity contribution in [3.05, 3.63) is 64.7 Å². The number of halogens is 1. The number of sulfonamides is 1. The van der Waals surface area contributed by atoms with E-state index >= 15 is 0 Å². The predicted octanol–water partition coefficient (Wildman–Crippen LogP) is 2.94. The Morgan fingerprint density at radius 2 is 1.73 bits per heavy atom. The van der Waals surface area contributed by atoms with Crippen LogP contribution in [0.1, 0.15) is 17.2 Å². The van der Waals surface area contributed by atoms with Crippen LogP contribution in [-0.4, -0.2) is 40.0 Å². The van der Waals surface area contributed by atoms with Gasteiger partial charge < -0.3 is 10.2 Å². The van der Waals surface area contributed by atoms with E-state index in [4.69, 9.17) is 11.6 Å². The lowest BCUT2D eigenvalue weighted by atomic mass is 10.1. The van der Waals surface area contributed by atoms with Gasteiger partial charge in [0.25, 0.3) is 10.0 Å². The van der Waals surface area contributed by atoms with Crippen LogP contribution in [0.25, 0.3) is 0 Å². The summed E-state index contributed by atoms with van der Waals surface area (Å²) >= 11 is 6.23. The van der Waals surface area contributed by atoms with Crippen molar-refractivity contribution in [1.82, 2.24) is 14.9 Å². The molecule has 140 valence electrons. The first-order chi connectivity index (χ1) is 12.2. The van der Waals surface area contributed by atoms with Crippen molar-refractivity contribution in [1.29, 1.82) is 0 Å². The van der Waals surface area contributed by atoms with Gasteiger partial charge in [0.15, 0.2) is 0 Å². The SMILES string of the molecule is Cc1ccc(S(=O)(=O)NC(=O)NCC(c2ccccc2Cl)N(C)C)cc1. The molecule has 2 aromatic carbocycles. The van der Waals surface area contributed by atoms with Gasteiger partial charge in [-0.3, -0.25) is 0 Å². The molecule has 0 fully saturated rings. The van der Waals surface area contributed by atoms with E-state index < -0.39 is 16.1 Å². The topological polar surface area (TPSA) is 78.5 Å². The highest BCUT2D eigenvalue weighted by Crippen LogP contribution is 2.25. The molecule has 0 aromatic heterocycles. The highest BCUT2D eigenvalue weighted by Gasteiger charge is 2.21. The monoisotopic (exact) mass is 395 g/mol. The van der Waals surface area contributed by atoms with Crippen molar-refractivity contribution >= 4 is 27.7 Å². The Bertz CT molecular complexity index is 868. The molecule has 0 aliphatic rings. The van der Waals surface area contributed by atoms with Gasteiger partial charge in [0.2, 0.25) is 0 Å². The van der Waals surface area contributed by atoms with Gasteiger partial charge in [0.1, 0.15) is 0 Å². The zero-order valence-corrected chi connectivity index (χ0v) is 16.4. The maximum atomic E-state index is 12.3. The normalized spacial score (nSPS) is 12.7. The molecule has 0 aliphatic heterocycles. The third-order valence-corrected chi connectivity index (χ3v) is 5.59. The van der Waals surface area contributed by atoms with Gasteiger partial charge in [-0.15, -0.1) is 0 Å². The molecule has 2 rings (SSSR count). The summed E-state index contributed by atoms with van der Waals surface area (Å²) in [6.45, 7) is 2.05. The van der Waals surface area contributed by atoms with Crippen LogP contribution in [0.3, 0.4) is 0 Å². The number of carbonyl (C=O) groups excluding carboxylic acids is 1. The number of carbonyl (C=O) groups is 1. The molecule has 0 heterocycles. The Hall–Kier alpha value is -2.09. The lowest BCUT2D eigenvalue weighted by Crippen LogP contribution is -2.42. The van der Waals surface area contributed by atoms with Crippen LogP contribution in [0, 0.1) is 6.92 Å². The Balaban J connectivity index is 2.04. The van der Waals surface area contributed by atoms with Crippen molar-refractivity contribution in [3.8, 4) is 0 Å². The molecule has 8 heteroatoms. The fourth-order valence-electron chi connectivity index (χ4n) is 2.44. The number of rotatable bonds is 6. The van der Waals surface area contributed by atoms with E-state index in [1.165, 1.54) is 12.1 Å². The van der Waals surface area contributed by atoms with Crippen LogP contribution >= 0.6 is 11.6 Å². The summed E-state index contributed by atoms with van der Waals surface area (Å²) in [5.74, 6) is 0. The highest BCUT2D eigenvalue weighted by molar-refractivity contribution is 7.90. The van der Waals surface area contributed by atoms with E-state index in [-0.39, 0.29) is 17.5 Å². The molecule has 2 aromatic rings. The Morgan fingerprint density at radius 3 is 2.31 bits per heavy atom. The molecule has 6 nitrogen and oxygen atoms in total. The molecule has 1 atom stereocenters. The van der Waals surface area contributed by atoms with E-state index in [9.17, 15) is 13.2 Å². The fourth-order valence-corrected chi connectivity index (χ4v) is 3.63. The molecule has 0 spiro atoms. The van der Waals surface area contributed by atoms with E-state index in [2.05, 4.69) is 5.32 Å². The van der Waals surface area contributed by atoms with Gasteiger partial charge >= 0.3 is 6.03 Å². The molecular weight excluding hydrogens is 374 g/mol. The molecule has 2 N–H and O–H groups in total. The first-order valence-electron chi connectivity index (χ1n) is 7.99. The number of hydrogen-bond acceptors (Lipinski definition) is 4. The van der Waals surface area contributed by atoms with Gasteiger partial charge in [-0.05, 0) is 44.8 Å². The maximum Gasteiger partial charge on any atom is 0.328 e. The number of amides is 2. The summed E-state index contributed by atoms with van der Waals surface area (Å²) < 4.78 is 26.5. The number of hydrogen-bond donors (Lipinski definition) is 2. The number of benzene rings is 2. The van der Waals surface area contributed by atoms with Crippen LogP contribution in [0.15, 0.2) is 53.4 Å². The van der Waals surface area contributed by atoms with Gasteiger partial charge in [-0.2, -0.15) is 0 Å². The molecule has 26 heavy (non-hydrogen) atoms. The van der Waals surface area contributed by atoms with Crippen LogP contribution in [0.4, 0.5) is 4.79 Å². The number of aryl methyl sites for hydroxylation is 1. The zero-order chi connectivity index (χ0) is 19.3. The summed E-state index contributed by atoms with van der Waals surface area (Å²) in [5, 5.41) is 3.18. The molecule has 0 aliphatic carbocycles. The second-order valence-electron chi connectivity index (χ2n) is 6.13. The van der Waals surface area contributed by atoms with Crippen molar-refractivity contribution in [2.45, 2.75) is 17.9 Å². The fraction of sp³-hybridized carbons (Fsp3) is 0.278. The summed E-state index contributed by atoms with van der Waals surface area (Å²) in [6, 6.07) is 12.6. The van der Waals surface area contributed by atoms with Crippen LogP contribution in [-0.2, 0) is 10.0 Å². The highest BCUT2D eigenvalue weighted by atomic mass is 35.5. The van der Waals surface area contributed by atoms with Gasteiger partial charge in [-0.1, -0.05) is 47.5 Å². The standard InChI is InChI=1S/C18H22ClN3O3S/c1-13-8-10-14(11-9-13)26(24,25)21-18(23)20-12-17(22(2)3)15-6-4-5-7-16(15)19/h4-11,17H,12H2,1-3H3,(H2,20,21,23). The second-order valence-corrected chi connectivity index (χ2v) is 8.22. The van der Waals surface area contributed by atoms with Gasteiger partial charge in [-0.25, -0.2) is 17.9 Å².